The van der Waals surface area contributed by atoms with Crippen molar-refractivity contribution in [2.45, 2.75) is 26.8 Å². The number of aryl methyl sites for hydroxylation is 1. The second kappa shape index (κ2) is 11.3. The van der Waals surface area contributed by atoms with Crippen molar-refractivity contribution < 1.29 is 28.7 Å². The van der Waals surface area contributed by atoms with E-state index in [4.69, 9.17) is 14.2 Å². The van der Waals surface area contributed by atoms with E-state index in [1.54, 1.807) is 26.8 Å². The zero-order chi connectivity index (χ0) is 24.5. The van der Waals surface area contributed by atoms with Gasteiger partial charge in [0.15, 0.2) is 18.1 Å². The third-order valence-electron chi connectivity index (χ3n) is 4.22. The second-order valence-electron chi connectivity index (χ2n) is 7.18. The molecule has 0 aliphatic carbocycles. The van der Waals surface area contributed by atoms with E-state index in [1.807, 2.05) is 6.07 Å². The maximum absolute atomic E-state index is 12.2. The monoisotopic (exact) mass is 453 g/mol. The molecule has 0 saturated heterocycles. The summed E-state index contributed by atoms with van der Waals surface area (Å²) in [6, 6.07) is 10.3. The van der Waals surface area contributed by atoms with Crippen LogP contribution in [-0.4, -0.2) is 36.6 Å². The zero-order valence-electron chi connectivity index (χ0n) is 18.6. The van der Waals surface area contributed by atoms with E-state index in [0.29, 0.717) is 16.9 Å². The van der Waals surface area contributed by atoms with Crippen LogP contribution in [0.25, 0.3) is 6.08 Å². The Bertz CT molecular complexity index is 1130. The van der Waals surface area contributed by atoms with Gasteiger partial charge in [-0.1, -0.05) is 6.07 Å². The number of ether oxygens (including phenoxy) is 3. The van der Waals surface area contributed by atoms with E-state index in [9.17, 15) is 25.0 Å². The summed E-state index contributed by atoms with van der Waals surface area (Å²) in [4.78, 5) is 34.6. The van der Waals surface area contributed by atoms with Crippen LogP contribution >= 0.6 is 0 Å². The standard InChI is InChI=1S/C23H23N3O7/c1-14(2)25-23(28)17(12-24)10-16-5-7-20(21(11-16)31-4)33-22(27)13-32-19-8-6-18(26(29)30)9-15(19)3/h5-11,14H,13H2,1-4H3,(H,25,28)/b17-10+. The SMILES string of the molecule is COc1cc(/C=C(\C#N)C(=O)NC(C)C)ccc1OC(=O)COc1ccc([N+](=O)[O-])cc1C. The Morgan fingerprint density at radius 2 is 1.88 bits per heavy atom. The number of nitro groups is 1. The van der Waals surface area contributed by atoms with E-state index in [0.717, 1.165) is 0 Å². The smallest absolute Gasteiger partial charge is 0.349 e. The number of nitriles is 1. The minimum atomic E-state index is -0.719. The van der Waals surface area contributed by atoms with Crippen LogP contribution < -0.4 is 19.5 Å². The van der Waals surface area contributed by atoms with Crippen LogP contribution in [0.15, 0.2) is 42.0 Å². The van der Waals surface area contributed by atoms with Gasteiger partial charge >= 0.3 is 5.97 Å². The Morgan fingerprint density at radius 1 is 1.18 bits per heavy atom. The molecule has 0 radical (unpaired) electrons. The summed E-state index contributed by atoms with van der Waals surface area (Å²) in [5, 5.41) is 22.7. The van der Waals surface area contributed by atoms with Crippen molar-refractivity contribution in [1.82, 2.24) is 5.32 Å². The molecule has 0 aliphatic rings. The topological polar surface area (TPSA) is 141 Å². The molecule has 0 spiro atoms. The highest BCUT2D eigenvalue weighted by Gasteiger charge is 2.15. The summed E-state index contributed by atoms with van der Waals surface area (Å²) in [5.74, 6) is -0.572. The molecule has 0 aromatic heterocycles. The number of carbonyl (C=O) groups excluding carboxylic acids is 2. The van der Waals surface area contributed by atoms with Gasteiger partial charge in [0, 0.05) is 18.2 Å². The maximum Gasteiger partial charge on any atom is 0.349 e. The fourth-order valence-corrected chi connectivity index (χ4v) is 2.71. The Morgan fingerprint density at radius 3 is 2.45 bits per heavy atom. The minimum Gasteiger partial charge on any atom is -0.493 e. The number of nitrogens with zero attached hydrogens (tertiary/aromatic N) is 2. The number of esters is 1. The molecular formula is C23H23N3O7. The number of methoxy groups -OCH3 is 1. The Kier molecular flexibility index (Phi) is 8.51. The van der Waals surface area contributed by atoms with Crippen LogP contribution in [0.4, 0.5) is 5.69 Å². The molecule has 0 unspecified atom stereocenters. The number of benzene rings is 2. The maximum atomic E-state index is 12.2. The lowest BCUT2D eigenvalue weighted by Gasteiger charge is -2.12. The van der Waals surface area contributed by atoms with Gasteiger partial charge in [0.1, 0.15) is 17.4 Å². The Hall–Kier alpha value is -4.39. The summed E-state index contributed by atoms with van der Waals surface area (Å²) in [5.41, 5.74) is 0.838. The molecule has 2 rings (SSSR count). The summed E-state index contributed by atoms with van der Waals surface area (Å²) in [6.45, 7) is 4.76. The molecule has 33 heavy (non-hydrogen) atoms. The predicted octanol–water partition coefficient (Wildman–Crippen LogP) is 3.33. The first-order chi connectivity index (χ1) is 15.6. The van der Waals surface area contributed by atoms with Crippen molar-refractivity contribution in [1.29, 1.82) is 5.26 Å². The minimum absolute atomic E-state index is 0.0810. The molecule has 0 saturated carbocycles. The lowest BCUT2D eigenvalue weighted by atomic mass is 10.1. The predicted molar refractivity (Wildman–Crippen MR) is 119 cm³/mol. The third-order valence-corrected chi connectivity index (χ3v) is 4.22. The van der Waals surface area contributed by atoms with Gasteiger partial charge in [-0.2, -0.15) is 5.26 Å². The number of hydrogen-bond acceptors (Lipinski definition) is 8. The van der Waals surface area contributed by atoms with Gasteiger partial charge in [0.25, 0.3) is 11.6 Å². The summed E-state index contributed by atoms with van der Waals surface area (Å²) in [7, 11) is 1.38. The average Bonchev–Trinajstić information content (AvgIpc) is 2.76. The van der Waals surface area contributed by atoms with Crippen molar-refractivity contribution in [3.8, 4) is 23.3 Å². The van der Waals surface area contributed by atoms with Crippen LogP contribution in [0.1, 0.15) is 25.0 Å². The molecule has 0 aliphatic heterocycles. The lowest BCUT2D eigenvalue weighted by Crippen LogP contribution is -2.30. The van der Waals surface area contributed by atoms with E-state index >= 15 is 0 Å². The van der Waals surface area contributed by atoms with Crippen LogP contribution in [0.5, 0.6) is 17.2 Å². The summed E-state index contributed by atoms with van der Waals surface area (Å²) < 4.78 is 15.9. The van der Waals surface area contributed by atoms with Crippen LogP contribution in [0.3, 0.4) is 0 Å². The largest absolute Gasteiger partial charge is 0.493 e. The van der Waals surface area contributed by atoms with E-state index < -0.39 is 23.4 Å². The third kappa shape index (κ3) is 7.07. The zero-order valence-corrected chi connectivity index (χ0v) is 18.6. The molecule has 1 N–H and O–H groups in total. The van der Waals surface area contributed by atoms with Crippen molar-refractivity contribution in [2.75, 3.05) is 13.7 Å². The van der Waals surface area contributed by atoms with E-state index in [1.165, 1.54) is 43.5 Å². The fourth-order valence-electron chi connectivity index (χ4n) is 2.71. The molecular weight excluding hydrogens is 430 g/mol. The fraction of sp³-hybridized carbons (Fsp3) is 0.261. The molecule has 2 aromatic rings. The van der Waals surface area contributed by atoms with Crippen molar-refractivity contribution in [3.63, 3.8) is 0 Å². The molecule has 0 bridgehead atoms. The highest BCUT2D eigenvalue weighted by molar-refractivity contribution is 6.01. The van der Waals surface area contributed by atoms with Crippen molar-refractivity contribution in [3.05, 3.63) is 63.2 Å². The molecule has 172 valence electrons. The van der Waals surface area contributed by atoms with Gasteiger partial charge in [-0.05, 0) is 56.2 Å². The molecule has 0 heterocycles. The first-order valence-corrected chi connectivity index (χ1v) is 9.83. The van der Waals surface area contributed by atoms with E-state index in [2.05, 4.69) is 5.32 Å². The number of nitrogens with one attached hydrogen (secondary N) is 1. The Balaban J connectivity index is 2.10. The molecule has 0 fully saturated rings. The number of hydrogen-bond donors (Lipinski definition) is 1. The van der Waals surface area contributed by atoms with Gasteiger partial charge in [-0.3, -0.25) is 14.9 Å². The summed E-state index contributed by atoms with van der Waals surface area (Å²) >= 11 is 0. The van der Waals surface area contributed by atoms with Crippen molar-refractivity contribution in [2.24, 2.45) is 0 Å². The van der Waals surface area contributed by atoms with Gasteiger partial charge in [-0.15, -0.1) is 0 Å². The molecule has 0 atom stereocenters. The van der Waals surface area contributed by atoms with Crippen LogP contribution in [-0.2, 0) is 9.59 Å². The number of non-ortho nitro benzene ring substituents is 1. The Labute approximate surface area is 190 Å². The van der Waals surface area contributed by atoms with Gasteiger partial charge < -0.3 is 19.5 Å². The average molecular weight is 453 g/mol. The molecule has 1 amide bonds. The van der Waals surface area contributed by atoms with E-state index in [-0.39, 0.29) is 28.8 Å². The normalized spacial score (nSPS) is 10.8. The number of nitro benzene ring substituents is 1. The lowest BCUT2D eigenvalue weighted by molar-refractivity contribution is -0.384. The summed E-state index contributed by atoms with van der Waals surface area (Å²) in [6.07, 6.45) is 1.40. The molecule has 2 aromatic carbocycles. The van der Waals surface area contributed by atoms with Gasteiger partial charge in [0.2, 0.25) is 0 Å². The number of carbonyl (C=O) groups is 2. The highest BCUT2D eigenvalue weighted by Crippen LogP contribution is 2.29. The highest BCUT2D eigenvalue weighted by atomic mass is 16.6. The molecule has 10 nitrogen and oxygen atoms in total. The first kappa shape index (κ1) is 24.9. The van der Waals surface area contributed by atoms with Gasteiger partial charge in [-0.25, -0.2) is 4.79 Å². The number of rotatable bonds is 9. The van der Waals surface area contributed by atoms with Crippen LogP contribution in [0, 0.1) is 28.4 Å². The van der Waals surface area contributed by atoms with Crippen molar-refractivity contribution >= 4 is 23.6 Å². The molecule has 10 heteroatoms. The first-order valence-electron chi connectivity index (χ1n) is 9.83. The van der Waals surface area contributed by atoms with Gasteiger partial charge in [0.05, 0.1) is 12.0 Å². The quantitative estimate of drug-likeness (QED) is 0.152. The number of amides is 1. The van der Waals surface area contributed by atoms with Crippen LogP contribution in [0.2, 0.25) is 0 Å². The second-order valence-corrected chi connectivity index (χ2v) is 7.18.